The zero-order valence-corrected chi connectivity index (χ0v) is 13.0. The van der Waals surface area contributed by atoms with Crippen molar-refractivity contribution in [2.45, 2.75) is 43.8 Å². The van der Waals surface area contributed by atoms with E-state index < -0.39 is 5.79 Å². The molecule has 1 aliphatic rings. The molecule has 0 amide bonds. The van der Waals surface area contributed by atoms with E-state index in [1.165, 1.54) is 0 Å². The molecule has 4 heteroatoms. The van der Waals surface area contributed by atoms with E-state index in [9.17, 15) is 0 Å². The van der Waals surface area contributed by atoms with E-state index in [4.69, 9.17) is 21.1 Å². The van der Waals surface area contributed by atoms with Crippen molar-refractivity contribution in [3.63, 3.8) is 0 Å². The number of rotatable bonds is 5. The molecule has 1 aliphatic heterocycles. The maximum Gasteiger partial charge on any atom is 0.233 e. The lowest BCUT2D eigenvalue weighted by Crippen LogP contribution is -2.39. The predicted molar refractivity (Wildman–Crippen MR) is 79.4 cm³/mol. The molecular weight excluding hydrogens is 350 g/mol. The fourth-order valence-electron chi connectivity index (χ4n) is 1.73. The van der Waals surface area contributed by atoms with Gasteiger partial charge in [-0.25, -0.2) is 0 Å². The van der Waals surface area contributed by atoms with Crippen molar-refractivity contribution in [2.75, 3.05) is 13.2 Å². The highest BCUT2D eigenvalue weighted by molar-refractivity contribution is 14.1. The van der Waals surface area contributed by atoms with Gasteiger partial charge in [0.25, 0.3) is 0 Å². The van der Waals surface area contributed by atoms with Gasteiger partial charge in [0.15, 0.2) is 0 Å². The lowest BCUT2D eigenvalue weighted by atomic mass is 10.1. The lowest BCUT2D eigenvalue weighted by molar-refractivity contribution is -0.233. The third-order valence-corrected chi connectivity index (χ3v) is 3.32. The SMILES string of the molecule is C=C(I)C[C@H](Cl)CCC1(C#CC)OCCCO1. The summed E-state index contributed by atoms with van der Waals surface area (Å²) in [5, 5.41) is 0.0732. The molecule has 0 unspecified atom stereocenters. The van der Waals surface area contributed by atoms with Crippen LogP contribution in [0.25, 0.3) is 0 Å². The highest BCUT2D eigenvalue weighted by Crippen LogP contribution is 2.28. The summed E-state index contributed by atoms with van der Waals surface area (Å²) in [4.78, 5) is 0. The average molecular weight is 369 g/mol. The second-order valence-electron chi connectivity index (χ2n) is 4.04. The van der Waals surface area contributed by atoms with Gasteiger partial charge < -0.3 is 9.47 Å². The largest absolute Gasteiger partial charge is 0.340 e. The number of allylic oxidation sites excluding steroid dienone is 1. The van der Waals surface area contributed by atoms with Crippen LogP contribution < -0.4 is 0 Å². The number of alkyl halides is 1. The summed E-state index contributed by atoms with van der Waals surface area (Å²) >= 11 is 8.43. The first-order valence-corrected chi connectivity index (χ1v) is 7.29. The van der Waals surface area contributed by atoms with E-state index >= 15 is 0 Å². The molecule has 0 saturated carbocycles. The van der Waals surface area contributed by atoms with Gasteiger partial charge in [-0.3, -0.25) is 0 Å². The Balaban J connectivity index is 2.48. The number of halogens is 2. The van der Waals surface area contributed by atoms with E-state index in [0.717, 1.165) is 22.8 Å². The normalized spacial score (nSPS) is 20.2. The first kappa shape index (κ1) is 15.3. The van der Waals surface area contributed by atoms with E-state index in [1.54, 1.807) is 6.92 Å². The van der Waals surface area contributed by atoms with Crippen LogP contribution in [-0.2, 0) is 9.47 Å². The van der Waals surface area contributed by atoms with Gasteiger partial charge in [-0.1, -0.05) is 6.58 Å². The number of hydrogen-bond donors (Lipinski definition) is 0. The Morgan fingerprint density at radius 3 is 2.71 bits per heavy atom. The molecule has 17 heavy (non-hydrogen) atoms. The Kier molecular flexibility index (Phi) is 6.86. The minimum absolute atomic E-state index is 0.0732. The zero-order chi connectivity index (χ0) is 12.7. The molecule has 0 aliphatic carbocycles. The van der Waals surface area contributed by atoms with Crippen molar-refractivity contribution in [2.24, 2.45) is 0 Å². The molecule has 1 rings (SSSR count). The second-order valence-corrected chi connectivity index (χ2v) is 6.18. The van der Waals surface area contributed by atoms with Crippen LogP contribution in [0.3, 0.4) is 0 Å². The average Bonchev–Trinajstić information content (AvgIpc) is 2.27. The van der Waals surface area contributed by atoms with Crippen molar-refractivity contribution in [3.8, 4) is 11.8 Å². The van der Waals surface area contributed by atoms with Crippen molar-refractivity contribution in [3.05, 3.63) is 10.2 Å². The van der Waals surface area contributed by atoms with E-state index in [1.807, 2.05) is 0 Å². The Morgan fingerprint density at radius 2 is 2.18 bits per heavy atom. The maximum atomic E-state index is 6.23. The molecule has 1 fully saturated rings. The van der Waals surface area contributed by atoms with Crippen LogP contribution in [0.15, 0.2) is 10.2 Å². The van der Waals surface area contributed by atoms with Gasteiger partial charge in [0.05, 0.1) is 13.2 Å². The standard InChI is InChI=1S/C13H18ClIO2/c1-3-6-13(16-8-4-9-17-13)7-5-12(14)10-11(2)15/h12H,2,4-5,7-10H2,1H3/t12-/m1/s1. The fourth-order valence-corrected chi connectivity index (χ4v) is 2.82. The molecule has 1 atom stereocenters. The van der Waals surface area contributed by atoms with Crippen LogP contribution in [-0.4, -0.2) is 24.4 Å². The van der Waals surface area contributed by atoms with Crippen molar-refractivity contribution in [1.82, 2.24) is 0 Å². The van der Waals surface area contributed by atoms with Crippen molar-refractivity contribution >= 4 is 34.2 Å². The van der Waals surface area contributed by atoms with Crippen LogP contribution in [0, 0.1) is 11.8 Å². The smallest absolute Gasteiger partial charge is 0.233 e. The van der Waals surface area contributed by atoms with Gasteiger partial charge in [0.2, 0.25) is 5.79 Å². The first-order valence-electron chi connectivity index (χ1n) is 5.77. The van der Waals surface area contributed by atoms with Gasteiger partial charge in [0.1, 0.15) is 0 Å². The van der Waals surface area contributed by atoms with Crippen LogP contribution in [0.2, 0.25) is 0 Å². The van der Waals surface area contributed by atoms with Crippen LogP contribution in [0.5, 0.6) is 0 Å². The summed E-state index contributed by atoms with van der Waals surface area (Å²) in [6.45, 7) is 7.07. The zero-order valence-electron chi connectivity index (χ0n) is 10.1. The van der Waals surface area contributed by atoms with Gasteiger partial charge in [-0.2, -0.15) is 0 Å². The molecule has 1 heterocycles. The molecule has 0 bridgehead atoms. The van der Waals surface area contributed by atoms with E-state index in [-0.39, 0.29) is 5.38 Å². The monoisotopic (exact) mass is 368 g/mol. The summed E-state index contributed by atoms with van der Waals surface area (Å²) in [5.41, 5.74) is 0. The highest BCUT2D eigenvalue weighted by Gasteiger charge is 2.33. The summed E-state index contributed by atoms with van der Waals surface area (Å²) in [6.07, 6.45) is 3.28. The predicted octanol–water partition coefficient (Wildman–Crippen LogP) is 3.87. The van der Waals surface area contributed by atoms with Crippen molar-refractivity contribution in [1.29, 1.82) is 0 Å². The molecule has 0 N–H and O–H groups in total. The number of ether oxygens (including phenoxy) is 2. The molecule has 2 nitrogen and oxygen atoms in total. The quantitative estimate of drug-likeness (QED) is 0.417. The molecular formula is C13H18ClIO2. The Bertz CT molecular complexity index is 313. The van der Waals surface area contributed by atoms with Gasteiger partial charge in [-0.05, 0) is 58.3 Å². The van der Waals surface area contributed by atoms with Gasteiger partial charge >= 0.3 is 0 Å². The molecule has 1 saturated heterocycles. The molecule has 0 aromatic rings. The molecule has 96 valence electrons. The third-order valence-electron chi connectivity index (χ3n) is 2.50. The van der Waals surface area contributed by atoms with Gasteiger partial charge in [-0.15, -0.1) is 17.5 Å². The van der Waals surface area contributed by atoms with Gasteiger partial charge in [0, 0.05) is 11.8 Å². The lowest BCUT2D eigenvalue weighted by Gasteiger charge is -2.33. The summed E-state index contributed by atoms with van der Waals surface area (Å²) in [5.74, 6) is 5.18. The minimum atomic E-state index is -0.729. The summed E-state index contributed by atoms with van der Waals surface area (Å²) in [6, 6.07) is 0. The fraction of sp³-hybridized carbons (Fsp3) is 0.692. The summed E-state index contributed by atoms with van der Waals surface area (Å²) < 4.78 is 12.4. The second kappa shape index (κ2) is 7.63. The van der Waals surface area contributed by atoms with Crippen molar-refractivity contribution < 1.29 is 9.47 Å². The molecule has 0 aromatic carbocycles. The Hall–Kier alpha value is 0.240. The highest BCUT2D eigenvalue weighted by atomic mass is 127. The molecule has 0 radical (unpaired) electrons. The van der Waals surface area contributed by atoms with E-state index in [2.05, 4.69) is 41.0 Å². The molecule has 0 aromatic heterocycles. The van der Waals surface area contributed by atoms with E-state index in [0.29, 0.717) is 19.6 Å². The topological polar surface area (TPSA) is 18.5 Å². The Morgan fingerprint density at radius 1 is 1.53 bits per heavy atom. The maximum absolute atomic E-state index is 6.23. The van der Waals surface area contributed by atoms with Crippen LogP contribution >= 0.6 is 34.2 Å². The minimum Gasteiger partial charge on any atom is -0.340 e. The Labute approximate surface area is 122 Å². The van der Waals surface area contributed by atoms with Crippen LogP contribution in [0.1, 0.15) is 32.6 Å². The molecule has 0 spiro atoms. The third kappa shape index (κ3) is 5.60. The first-order chi connectivity index (χ1) is 8.08. The summed E-state index contributed by atoms with van der Waals surface area (Å²) in [7, 11) is 0. The number of hydrogen-bond acceptors (Lipinski definition) is 2. The van der Waals surface area contributed by atoms with Crippen LogP contribution in [0.4, 0.5) is 0 Å².